The highest BCUT2D eigenvalue weighted by Crippen LogP contribution is 2.37. The van der Waals surface area contributed by atoms with Crippen LogP contribution in [0.4, 0.5) is 5.69 Å². The van der Waals surface area contributed by atoms with Crippen molar-refractivity contribution in [2.24, 2.45) is 0 Å². The first kappa shape index (κ1) is 12.1. The van der Waals surface area contributed by atoms with E-state index in [1.807, 2.05) is 30.0 Å². The minimum Gasteiger partial charge on any atom is -0.398 e. The molecule has 0 spiro atoms. The molecule has 2 aromatic rings. The number of hydrogen-bond donors (Lipinski definition) is 1. The average molecular weight is 243 g/mol. The predicted molar refractivity (Wildman–Crippen MR) is 77.3 cm³/mol. The molecule has 0 atom stereocenters. The van der Waals surface area contributed by atoms with Crippen LogP contribution in [0.1, 0.15) is 13.8 Å². The van der Waals surface area contributed by atoms with Crippen molar-refractivity contribution in [3.05, 3.63) is 48.5 Å². The van der Waals surface area contributed by atoms with Gasteiger partial charge in [0.05, 0.1) is 0 Å². The van der Waals surface area contributed by atoms with Gasteiger partial charge < -0.3 is 5.73 Å². The van der Waals surface area contributed by atoms with Gasteiger partial charge in [0.25, 0.3) is 0 Å². The van der Waals surface area contributed by atoms with Gasteiger partial charge in [0, 0.05) is 15.8 Å². The van der Waals surface area contributed by atoms with Crippen LogP contribution in [0.15, 0.2) is 53.4 Å². The summed E-state index contributed by atoms with van der Waals surface area (Å²) in [5, 5.41) is 0.530. The summed E-state index contributed by atoms with van der Waals surface area (Å²) >= 11 is 1.82. The fraction of sp³-hybridized carbons (Fsp3) is 0.200. The second-order valence-electron chi connectivity index (χ2n) is 4.26. The zero-order valence-electron chi connectivity index (χ0n) is 10.2. The quantitative estimate of drug-likeness (QED) is 0.637. The second kappa shape index (κ2) is 5.28. The number of anilines is 1. The molecule has 2 aromatic carbocycles. The number of thioether (sulfide) groups is 1. The molecule has 0 bridgehead atoms. The Labute approximate surface area is 107 Å². The zero-order valence-corrected chi connectivity index (χ0v) is 11.0. The van der Waals surface area contributed by atoms with Crippen molar-refractivity contribution in [2.45, 2.75) is 24.0 Å². The van der Waals surface area contributed by atoms with Crippen LogP contribution >= 0.6 is 11.8 Å². The van der Waals surface area contributed by atoms with E-state index in [2.05, 4.69) is 44.2 Å². The van der Waals surface area contributed by atoms with Gasteiger partial charge in [-0.25, -0.2) is 0 Å². The molecule has 0 aliphatic rings. The maximum Gasteiger partial charge on any atom is 0.0458 e. The van der Waals surface area contributed by atoms with Crippen LogP contribution in [-0.4, -0.2) is 5.25 Å². The Balaban J connectivity index is 2.50. The monoisotopic (exact) mass is 243 g/mol. The second-order valence-corrected chi connectivity index (χ2v) is 5.84. The Morgan fingerprint density at radius 3 is 2.29 bits per heavy atom. The first-order valence-corrected chi connectivity index (χ1v) is 6.67. The van der Waals surface area contributed by atoms with Crippen molar-refractivity contribution < 1.29 is 0 Å². The largest absolute Gasteiger partial charge is 0.398 e. The molecule has 0 aliphatic carbocycles. The Kier molecular flexibility index (Phi) is 3.75. The van der Waals surface area contributed by atoms with Crippen molar-refractivity contribution in [2.75, 3.05) is 5.73 Å². The van der Waals surface area contributed by atoms with Crippen LogP contribution < -0.4 is 5.73 Å². The molecule has 2 heteroatoms. The van der Waals surface area contributed by atoms with Crippen molar-refractivity contribution in [1.82, 2.24) is 0 Å². The Morgan fingerprint density at radius 1 is 0.941 bits per heavy atom. The van der Waals surface area contributed by atoms with Crippen LogP contribution in [-0.2, 0) is 0 Å². The summed E-state index contributed by atoms with van der Waals surface area (Å²) in [5.74, 6) is 0. The van der Waals surface area contributed by atoms with Crippen molar-refractivity contribution in [3.63, 3.8) is 0 Å². The summed E-state index contributed by atoms with van der Waals surface area (Å²) in [6, 6.07) is 16.5. The smallest absolute Gasteiger partial charge is 0.0458 e. The minimum absolute atomic E-state index is 0.530. The number of hydrogen-bond acceptors (Lipinski definition) is 2. The summed E-state index contributed by atoms with van der Waals surface area (Å²) in [6.07, 6.45) is 0. The molecule has 0 radical (unpaired) electrons. The summed E-state index contributed by atoms with van der Waals surface area (Å²) in [5.41, 5.74) is 9.40. The van der Waals surface area contributed by atoms with Gasteiger partial charge in [-0.2, -0.15) is 0 Å². The number of nitrogen functional groups attached to an aromatic ring is 1. The normalized spacial score (nSPS) is 10.8. The highest BCUT2D eigenvalue weighted by atomic mass is 32.2. The lowest BCUT2D eigenvalue weighted by Gasteiger charge is -2.14. The summed E-state index contributed by atoms with van der Waals surface area (Å²) in [6.45, 7) is 4.37. The van der Waals surface area contributed by atoms with E-state index in [4.69, 9.17) is 5.73 Å². The van der Waals surface area contributed by atoms with E-state index in [-0.39, 0.29) is 0 Å². The molecule has 2 N–H and O–H groups in total. The molecule has 0 aliphatic heterocycles. The SMILES string of the molecule is CC(C)Sc1c(N)cccc1-c1ccccc1. The Hall–Kier alpha value is -1.41. The molecule has 0 heterocycles. The van der Waals surface area contributed by atoms with Crippen LogP contribution in [0.5, 0.6) is 0 Å². The van der Waals surface area contributed by atoms with Gasteiger partial charge in [-0.05, 0) is 17.2 Å². The summed E-state index contributed by atoms with van der Waals surface area (Å²) in [4.78, 5) is 1.19. The molecular formula is C15H17NS. The maximum atomic E-state index is 6.09. The first-order chi connectivity index (χ1) is 8.18. The van der Waals surface area contributed by atoms with Crippen LogP contribution in [0.3, 0.4) is 0 Å². The molecule has 0 saturated heterocycles. The molecule has 0 fully saturated rings. The Morgan fingerprint density at radius 2 is 1.65 bits per heavy atom. The molecule has 1 nitrogen and oxygen atoms in total. The fourth-order valence-corrected chi connectivity index (χ4v) is 2.76. The molecular weight excluding hydrogens is 226 g/mol. The predicted octanol–water partition coefficient (Wildman–Crippen LogP) is 4.44. The third-order valence-electron chi connectivity index (χ3n) is 2.48. The van der Waals surface area contributed by atoms with E-state index in [0.29, 0.717) is 5.25 Å². The fourth-order valence-electron chi connectivity index (χ4n) is 1.77. The van der Waals surface area contributed by atoms with E-state index in [1.165, 1.54) is 16.0 Å². The van der Waals surface area contributed by atoms with Crippen molar-refractivity contribution >= 4 is 17.4 Å². The van der Waals surface area contributed by atoms with E-state index in [1.54, 1.807) is 0 Å². The topological polar surface area (TPSA) is 26.0 Å². The van der Waals surface area contributed by atoms with E-state index < -0.39 is 0 Å². The average Bonchev–Trinajstić information content (AvgIpc) is 2.32. The maximum absolute atomic E-state index is 6.09. The highest BCUT2D eigenvalue weighted by Gasteiger charge is 2.10. The summed E-state index contributed by atoms with van der Waals surface area (Å²) < 4.78 is 0. The van der Waals surface area contributed by atoms with Gasteiger partial charge in [-0.15, -0.1) is 11.8 Å². The number of rotatable bonds is 3. The third-order valence-corrected chi connectivity index (χ3v) is 3.65. The molecule has 88 valence electrons. The first-order valence-electron chi connectivity index (χ1n) is 5.79. The van der Waals surface area contributed by atoms with Gasteiger partial charge in [-0.1, -0.05) is 56.3 Å². The molecule has 17 heavy (non-hydrogen) atoms. The van der Waals surface area contributed by atoms with Crippen LogP contribution in [0.25, 0.3) is 11.1 Å². The molecule has 0 saturated carbocycles. The molecule has 0 unspecified atom stereocenters. The van der Waals surface area contributed by atoms with Gasteiger partial charge in [0.2, 0.25) is 0 Å². The molecule has 2 rings (SSSR count). The molecule has 0 aromatic heterocycles. The Bertz CT molecular complexity index is 492. The zero-order chi connectivity index (χ0) is 12.3. The van der Waals surface area contributed by atoms with E-state index in [9.17, 15) is 0 Å². The van der Waals surface area contributed by atoms with Crippen molar-refractivity contribution in [3.8, 4) is 11.1 Å². The lowest BCUT2D eigenvalue weighted by molar-refractivity contribution is 1.11. The third kappa shape index (κ3) is 2.83. The van der Waals surface area contributed by atoms with Gasteiger partial charge >= 0.3 is 0 Å². The number of benzene rings is 2. The lowest BCUT2D eigenvalue weighted by Crippen LogP contribution is -1.95. The van der Waals surface area contributed by atoms with Crippen molar-refractivity contribution in [1.29, 1.82) is 0 Å². The van der Waals surface area contributed by atoms with E-state index in [0.717, 1.165) is 5.69 Å². The van der Waals surface area contributed by atoms with Crippen LogP contribution in [0, 0.1) is 0 Å². The van der Waals surface area contributed by atoms with Crippen LogP contribution in [0.2, 0.25) is 0 Å². The van der Waals surface area contributed by atoms with Gasteiger partial charge in [0.1, 0.15) is 0 Å². The summed E-state index contributed by atoms with van der Waals surface area (Å²) in [7, 11) is 0. The minimum atomic E-state index is 0.530. The number of nitrogens with two attached hydrogens (primary N) is 1. The highest BCUT2D eigenvalue weighted by molar-refractivity contribution is 8.00. The lowest BCUT2D eigenvalue weighted by atomic mass is 10.1. The van der Waals surface area contributed by atoms with Gasteiger partial charge in [-0.3, -0.25) is 0 Å². The van der Waals surface area contributed by atoms with Gasteiger partial charge in [0.15, 0.2) is 0 Å². The molecule has 0 amide bonds. The standard InChI is InChI=1S/C15H17NS/c1-11(2)17-15-13(9-6-10-14(15)16)12-7-4-3-5-8-12/h3-11H,16H2,1-2H3. The van der Waals surface area contributed by atoms with E-state index >= 15 is 0 Å².